The average Bonchev–Trinajstić information content (AvgIpc) is 2.86. The van der Waals surface area contributed by atoms with Crippen molar-refractivity contribution in [1.82, 2.24) is 4.90 Å². The van der Waals surface area contributed by atoms with Crippen molar-refractivity contribution < 1.29 is 14.2 Å². The number of likely N-dealkylation sites (N-methyl/N-ethyl adjacent to an activating group) is 1. The average molecular weight is 278 g/mol. The molecule has 2 aliphatic heterocycles. The summed E-state index contributed by atoms with van der Waals surface area (Å²) in [5.74, 6) is 1.66. The Balaban J connectivity index is 1.56. The summed E-state index contributed by atoms with van der Waals surface area (Å²) in [6.07, 6.45) is 0.139. The van der Waals surface area contributed by atoms with Gasteiger partial charge in [-0.15, -0.1) is 0 Å². The molecule has 2 aliphatic rings. The lowest BCUT2D eigenvalue weighted by Crippen LogP contribution is -2.44. The van der Waals surface area contributed by atoms with Crippen molar-refractivity contribution in [3.05, 3.63) is 23.8 Å². The van der Waals surface area contributed by atoms with Gasteiger partial charge in [-0.05, 0) is 18.7 Å². The Bertz CT molecular complexity index is 466. The maximum absolute atomic E-state index is 5.93. The summed E-state index contributed by atoms with van der Waals surface area (Å²) in [7, 11) is 0. The molecule has 5 nitrogen and oxygen atoms in total. The van der Waals surface area contributed by atoms with E-state index in [4.69, 9.17) is 19.9 Å². The Morgan fingerprint density at radius 1 is 1.45 bits per heavy atom. The first-order chi connectivity index (χ1) is 9.76. The highest BCUT2D eigenvalue weighted by atomic mass is 16.5. The number of ether oxygens (including phenoxy) is 3. The van der Waals surface area contributed by atoms with Crippen LogP contribution >= 0.6 is 0 Å². The van der Waals surface area contributed by atoms with Crippen LogP contribution in [0.2, 0.25) is 0 Å². The van der Waals surface area contributed by atoms with E-state index in [1.54, 1.807) is 0 Å². The minimum Gasteiger partial charge on any atom is -0.491 e. The Hall–Kier alpha value is -1.30. The van der Waals surface area contributed by atoms with E-state index >= 15 is 0 Å². The number of nitrogens with zero attached hydrogens (tertiary/aromatic N) is 1. The third-order valence-corrected chi connectivity index (χ3v) is 3.91. The molecule has 0 radical (unpaired) electrons. The van der Waals surface area contributed by atoms with Gasteiger partial charge in [0.25, 0.3) is 0 Å². The number of fused-ring (bicyclic) bond motifs is 1. The zero-order valence-corrected chi connectivity index (χ0v) is 11.9. The van der Waals surface area contributed by atoms with Gasteiger partial charge in [0, 0.05) is 24.7 Å². The molecular formula is C15H22N2O3. The van der Waals surface area contributed by atoms with E-state index in [-0.39, 0.29) is 12.1 Å². The van der Waals surface area contributed by atoms with Crippen LogP contribution in [0.4, 0.5) is 0 Å². The van der Waals surface area contributed by atoms with Crippen LogP contribution in [0.5, 0.6) is 11.5 Å². The maximum Gasteiger partial charge on any atom is 0.127 e. The zero-order valence-electron chi connectivity index (χ0n) is 11.9. The minimum atomic E-state index is -0.0150. The summed E-state index contributed by atoms with van der Waals surface area (Å²) in [5.41, 5.74) is 6.99. The zero-order chi connectivity index (χ0) is 13.9. The van der Waals surface area contributed by atoms with Crippen molar-refractivity contribution in [2.24, 2.45) is 5.73 Å². The molecule has 20 heavy (non-hydrogen) atoms. The van der Waals surface area contributed by atoms with Crippen LogP contribution in [-0.4, -0.2) is 50.5 Å². The molecule has 0 spiro atoms. The van der Waals surface area contributed by atoms with Crippen molar-refractivity contribution in [3.63, 3.8) is 0 Å². The molecule has 2 N–H and O–H groups in total. The van der Waals surface area contributed by atoms with E-state index in [1.807, 2.05) is 18.2 Å². The maximum atomic E-state index is 5.93. The van der Waals surface area contributed by atoms with Crippen molar-refractivity contribution in [3.8, 4) is 11.5 Å². The van der Waals surface area contributed by atoms with Crippen molar-refractivity contribution in [2.75, 3.05) is 39.5 Å². The third kappa shape index (κ3) is 2.90. The van der Waals surface area contributed by atoms with Crippen LogP contribution in [0.15, 0.2) is 18.2 Å². The molecular weight excluding hydrogens is 256 g/mol. The fourth-order valence-electron chi connectivity index (χ4n) is 2.66. The number of benzene rings is 1. The summed E-state index contributed by atoms with van der Waals surface area (Å²) in [6, 6.07) is 5.84. The lowest BCUT2D eigenvalue weighted by molar-refractivity contribution is -0.0464. The molecule has 0 bridgehead atoms. The van der Waals surface area contributed by atoms with Crippen LogP contribution in [0.25, 0.3) is 0 Å². The van der Waals surface area contributed by atoms with E-state index in [1.165, 1.54) is 0 Å². The molecule has 1 saturated heterocycles. The van der Waals surface area contributed by atoms with Gasteiger partial charge in [-0.1, -0.05) is 6.92 Å². The van der Waals surface area contributed by atoms with Gasteiger partial charge in [0.05, 0.1) is 12.6 Å². The molecule has 0 saturated carbocycles. The van der Waals surface area contributed by atoms with Gasteiger partial charge >= 0.3 is 0 Å². The summed E-state index contributed by atoms with van der Waals surface area (Å²) in [5, 5.41) is 0. The van der Waals surface area contributed by atoms with E-state index in [2.05, 4.69) is 11.8 Å². The quantitative estimate of drug-likeness (QED) is 0.896. The standard InChI is InChI=1S/C15H22N2O3/c1-2-17-5-6-18-12(8-17)9-19-11-3-4-13-14(16)10-20-15(13)7-11/h3-4,7,12,14H,2,5-6,8-10,16H2,1H3. The first-order valence-electron chi connectivity index (χ1n) is 7.25. The van der Waals surface area contributed by atoms with Gasteiger partial charge in [-0.2, -0.15) is 0 Å². The minimum absolute atomic E-state index is 0.0150. The van der Waals surface area contributed by atoms with Crippen LogP contribution in [0, 0.1) is 0 Å². The van der Waals surface area contributed by atoms with Crippen molar-refractivity contribution in [1.29, 1.82) is 0 Å². The normalized spacial score (nSPS) is 26.1. The molecule has 110 valence electrons. The van der Waals surface area contributed by atoms with E-state index in [0.717, 1.165) is 43.3 Å². The fourth-order valence-corrected chi connectivity index (χ4v) is 2.66. The van der Waals surface area contributed by atoms with Gasteiger partial charge < -0.3 is 19.9 Å². The molecule has 5 heteroatoms. The first-order valence-corrected chi connectivity index (χ1v) is 7.25. The highest BCUT2D eigenvalue weighted by Crippen LogP contribution is 2.33. The topological polar surface area (TPSA) is 57.0 Å². The van der Waals surface area contributed by atoms with Crippen molar-refractivity contribution >= 4 is 0 Å². The number of morpholine rings is 1. The van der Waals surface area contributed by atoms with Crippen molar-refractivity contribution in [2.45, 2.75) is 19.1 Å². The first kappa shape index (κ1) is 13.7. The van der Waals surface area contributed by atoms with E-state index < -0.39 is 0 Å². The SMILES string of the molecule is CCN1CCOC(COc2ccc3c(c2)OCC3N)C1. The van der Waals surface area contributed by atoms with Crippen LogP contribution in [0.1, 0.15) is 18.5 Å². The van der Waals surface area contributed by atoms with E-state index in [0.29, 0.717) is 13.2 Å². The number of hydrogen-bond acceptors (Lipinski definition) is 5. The lowest BCUT2D eigenvalue weighted by atomic mass is 10.1. The van der Waals surface area contributed by atoms with Gasteiger partial charge in [0.2, 0.25) is 0 Å². The largest absolute Gasteiger partial charge is 0.491 e. The van der Waals surface area contributed by atoms with Crippen LogP contribution < -0.4 is 15.2 Å². The van der Waals surface area contributed by atoms with E-state index in [9.17, 15) is 0 Å². The second-order valence-electron chi connectivity index (χ2n) is 5.31. The van der Waals surface area contributed by atoms with Crippen LogP contribution in [0.3, 0.4) is 0 Å². The van der Waals surface area contributed by atoms with Gasteiger partial charge in [-0.3, -0.25) is 4.90 Å². The molecule has 0 amide bonds. The number of rotatable bonds is 4. The highest BCUT2D eigenvalue weighted by Gasteiger charge is 2.22. The Labute approximate surface area is 119 Å². The van der Waals surface area contributed by atoms with Crippen LogP contribution in [-0.2, 0) is 4.74 Å². The Kier molecular flexibility index (Phi) is 4.10. The third-order valence-electron chi connectivity index (χ3n) is 3.91. The predicted octanol–water partition coefficient (Wildman–Crippen LogP) is 1.18. The highest BCUT2D eigenvalue weighted by molar-refractivity contribution is 5.44. The fraction of sp³-hybridized carbons (Fsp3) is 0.600. The molecule has 1 aromatic carbocycles. The number of nitrogens with two attached hydrogens (primary N) is 1. The van der Waals surface area contributed by atoms with Gasteiger partial charge in [0.15, 0.2) is 0 Å². The smallest absolute Gasteiger partial charge is 0.127 e. The summed E-state index contributed by atoms with van der Waals surface area (Å²) in [6.45, 7) is 7.08. The second kappa shape index (κ2) is 5.99. The number of hydrogen-bond donors (Lipinski definition) is 1. The Morgan fingerprint density at radius 3 is 3.20 bits per heavy atom. The molecule has 1 aromatic rings. The monoisotopic (exact) mass is 278 g/mol. The summed E-state index contributed by atoms with van der Waals surface area (Å²) < 4.78 is 17.1. The summed E-state index contributed by atoms with van der Waals surface area (Å²) in [4.78, 5) is 2.38. The lowest BCUT2D eigenvalue weighted by Gasteiger charge is -2.31. The van der Waals surface area contributed by atoms with Gasteiger partial charge in [0.1, 0.15) is 30.8 Å². The molecule has 0 aliphatic carbocycles. The molecule has 2 heterocycles. The Morgan fingerprint density at radius 2 is 2.35 bits per heavy atom. The molecule has 2 atom stereocenters. The molecule has 2 unspecified atom stereocenters. The van der Waals surface area contributed by atoms with Gasteiger partial charge in [-0.25, -0.2) is 0 Å². The second-order valence-corrected chi connectivity index (χ2v) is 5.31. The molecule has 0 aromatic heterocycles. The predicted molar refractivity (Wildman–Crippen MR) is 76.2 cm³/mol. The molecule has 3 rings (SSSR count). The molecule has 1 fully saturated rings. The summed E-state index contributed by atoms with van der Waals surface area (Å²) >= 11 is 0.